The number of aromatic hydroxyl groups is 1. The van der Waals surface area contributed by atoms with Gasteiger partial charge in [0.1, 0.15) is 11.5 Å². The first-order valence-corrected chi connectivity index (χ1v) is 7.18. The van der Waals surface area contributed by atoms with Crippen LogP contribution < -0.4 is 10.1 Å². The molecule has 0 radical (unpaired) electrons. The van der Waals surface area contributed by atoms with Gasteiger partial charge >= 0.3 is 0 Å². The molecule has 0 spiro atoms. The van der Waals surface area contributed by atoms with Crippen LogP contribution in [0.2, 0.25) is 5.02 Å². The molecule has 116 valence electrons. The van der Waals surface area contributed by atoms with E-state index in [-0.39, 0.29) is 29.1 Å². The molecule has 1 aliphatic heterocycles. The molecule has 6 heteroatoms. The van der Waals surface area contributed by atoms with Crippen LogP contribution in [0, 0.1) is 0 Å². The van der Waals surface area contributed by atoms with Crippen LogP contribution in [0.1, 0.15) is 15.9 Å². The van der Waals surface area contributed by atoms with Crippen LogP contribution in [-0.2, 0) is 4.79 Å². The number of halogens is 1. The predicted molar refractivity (Wildman–Crippen MR) is 87.0 cm³/mol. The van der Waals surface area contributed by atoms with Crippen molar-refractivity contribution in [1.82, 2.24) is 0 Å². The number of ether oxygens (including phenoxy) is 1. The van der Waals surface area contributed by atoms with Crippen molar-refractivity contribution >= 4 is 35.1 Å². The van der Waals surface area contributed by atoms with Gasteiger partial charge in [0.2, 0.25) is 0 Å². The van der Waals surface area contributed by atoms with Gasteiger partial charge in [-0.05, 0) is 42.0 Å². The molecule has 1 amide bonds. The van der Waals surface area contributed by atoms with Gasteiger partial charge < -0.3 is 15.2 Å². The van der Waals surface area contributed by atoms with E-state index in [0.29, 0.717) is 22.6 Å². The van der Waals surface area contributed by atoms with E-state index in [4.69, 9.17) is 16.3 Å². The van der Waals surface area contributed by atoms with Gasteiger partial charge in [0, 0.05) is 5.56 Å². The number of fused-ring (bicyclic) bond motifs is 1. The first kappa shape index (κ1) is 15.1. The minimum atomic E-state index is -0.253. The second-order valence-electron chi connectivity index (χ2n) is 4.96. The Balaban J connectivity index is 1.80. The minimum absolute atomic E-state index is 0.0134. The smallest absolute Gasteiger partial charge is 0.262 e. The molecule has 0 atom stereocenters. The monoisotopic (exact) mass is 329 g/mol. The molecule has 2 aromatic carbocycles. The number of carbonyl (C=O) groups is 2. The van der Waals surface area contributed by atoms with Gasteiger partial charge in [0.05, 0.1) is 10.7 Å². The molecule has 5 nitrogen and oxygen atoms in total. The molecule has 23 heavy (non-hydrogen) atoms. The van der Waals surface area contributed by atoms with Gasteiger partial charge in [0.25, 0.3) is 5.91 Å². The molecule has 2 N–H and O–H groups in total. The summed E-state index contributed by atoms with van der Waals surface area (Å²) in [5.41, 5.74) is 1.60. The number of allylic oxidation sites excluding steroid dienone is 1. The van der Waals surface area contributed by atoms with E-state index in [1.807, 2.05) is 0 Å². The van der Waals surface area contributed by atoms with Gasteiger partial charge in [-0.2, -0.15) is 0 Å². The Bertz CT molecular complexity index is 829. The summed E-state index contributed by atoms with van der Waals surface area (Å²) >= 11 is 5.82. The van der Waals surface area contributed by atoms with E-state index in [2.05, 4.69) is 5.32 Å². The number of phenols is 1. The Morgan fingerprint density at radius 3 is 2.87 bits per heavy atom. The van der Waals surface area contributed by atoms with Gasteiger partial charge in [-0.25, -0.2) is 0 Å². The number of benzene rings is 2. The standard InChI is InChI=1S/C17H12ClNO4/c18-12-7-10(2-5-15(12)21)1-4-14(20)11-3-6-16-13(8-11)19-17(22)9-23-16/h1-8,21H,9H2,(H,19,22). The Morgan fingerprint density at radius 1 is 1.26 bits per heavy atom. The zero-order valence-electron chi connectivity index (χ0n) is 11.9. The number of rotatable bonds is 3. The third kappa shape index (κ3) is 3.35. The summed E-state index contributed by atoms with van der Waals surface area (Å²) in [4.78, 5) is 23.5. The van der Waals surface area contributed by atoms with Crippen LogP contribution in [0.15, 0.2) is 42.5 Å². The first-order valence-electron chi connectivity index (χ1n) is 6.80. The van der Waals surface area contributed by atoms with Crippen LogP contribution in [0.4, 0.5) is 5.69 Å². The molecule has 0 aromatic heterocycles. The first-order chi connectivity index (χ1) is 11.0. The molecule has 1 aliphatic rings. The Morgan fingerprint density at radius 2 is 2.09 bits per heavy atom. The zero-order chi connectivity index (χ0) is 16.4. The minimum Gasteiger partial charge on any atom is -0.506 e. The van der Waals surface area contributed by atoms with E-state index >= 15 is 0 Å². The molecular weight excluding hydrogens is 318 g/mol. The number of ketones is 1. The molecule has 3 rings (SSSR count). The van der Waals surface area contributed by atoms with Crippen LogP contribution in [0.25, 0.3) is 6.08 Å². The Hall–Kier alpha value is -2.79. The maximum absolute atomic E-state index is 12.2. The van der Waals surface area contributed by atoms with Crippen LogP contribution in [0.5, 0.6) is 11.5 Å². The van der Waals surface area contributed by atoms with E-state index in [1.165, 1.54) is 12.1 Å². The number of nitrogens with one attached hydrogen (secondary N) is 1. The van der Waals surface area contributed by atoms with E-state index in [1.54, 1.807) is 36.4 Å². The quantitative estimate of drug-likeness (QED) is 0.669. The second kappa shape index (κ2) is 6.14. The lowest BCUT2D eigenvalue weighted by atomic mass is 10.1. The lowest BCUT2D eigenvalue weighted by Crippen LogP contribution is -2.25. The Kier molecular flexibility index (Phi) is 4.04. The molecule has 0 saturated heterocycles. The fourth-order valence-electron chi connectivity index (χ4n) is 2.13. The normalized spacial score (nSPS) is 13.3. The largest absolute Gasteiger partial charge is 0.506 e. The van der Waals surface area contributed by atoms with Crippen molar-refractivity contribution in [2.24, 2.45) is 0 Å². The number of hydrogen-bond donors (Lipinski definition) is 2. The second-order valence-corrected chi connectivity index (χ2v) is 5.36. The summed E-state index contributed by atoms with van der Waals surface area (Å²) < 4.78 is 5.24. The van der Waals surface area contributed by atoms with Gasteiger partial charge in [-0.1, -0.05) is 23.7 Å². The summed E-state index contributed by atoms with van der Waals surface area (Å²) in [5, 5.41) is 12.2. The average Bonchev–Trinajstić information content (AvgIpc) is 2.55. The van der Waals surface area contributed by atoms with Crippen molar-refractivity contribution in [3.05, 3.63) is 58.6 Å². The highest BCUT2D eigenvalue weighted by atomic mass is 35.5. The van der Waals surface area contributed by atoms with Crippen molar-refractivity contribution in [2.45, 2.75) is 0 Å². The lowest BCUT2D eigenvalue weighted by molar-refractivity contribution is -0.118. The molecule has 1 heterocycles. The van der Waals surface area contributed by atoms with Crippen LogP contribution in [0.3, 0.4) is 0 Å². The number of carbonyl (C=O) groups excluding carboxylic acids is 2. The third-order valence-corrected chi connectivity index (χ3v) is 3.60. The zero-order valence-corrected chi connectivity index (χ0v) is 12.6. The summed E-state index contributed by atoms with van der Waals surface area (Å²) in [6.07, 6.45) is 3.00. The molecule has 0 saturated carbocycles. The summed E-state index contributed by atoms with van der Waals surface area (Å²) in [7, 11) is 0. The van der Waals surface area contributed by atoms with E-state index in [9.17, 15) is 14.7 Å². The van der Waals surface area contributed by atoms with Crippen molar-refractivity contribution < 1.29 is 19.4 Å². The van der Waals surface area contributed by atoms with Gasteiger partial charge in [-0.3, -0.25) is 9.59 Å². The van der Waals surface area contributed by atoms with Crippen LogP contribution >= 0.6 is 11.6 Å². The van der Waals surface area contributed by atoms with E-state index < -0.39 is 0 Å². The number of anilines is 1. The summed E-state index contributed by atoms with van der Waals surface area (Å²) in [6.45, 7) is -0.0260. The molecule has 0 unspecified atom stereocenters. The molecule has 0 bridgehead atoms. The number of hydrogen-bond acceptors (Lipinski definition) is 4. The number of amides is 1. The predicted octanol–water partition coefficient (Wildman–Crippen LogP) is 3.27. The van der Waals surface area contributed by atoms with Crippen LogP contribution in [-0.4, -0.2) is 23.4 Å². The molecule has 2 aromatic rings. The number of phenolic OH excluding ortho intramolecular Hbond substituents is 1. The van der Waals surface area contributed by atoms with Crippen molar-refractivity contribution in [2.75, 3.05) is 11.9 Å². The maximum atomic E-state index is 12.2. The highest BCUT2D eigenvalue weighted by Gasteiger charge is 2.17. The molecule has 0 aliphatic carbocycles. The fourth-order valence-corrected chi connectivity index (χ4v) is 2.32. The van der Waals surface area contributed by atoms with Gasteiger partial charge in [0.15, 0.2) is 12.4 Å². The summed E-state index contributed by atoms with van der Waals surface area (Å²) in [5.74, 6) is 0.0456. The van der Waals surface area contributed by atoms with Crippen molar-refractivity contribution in [3.8, 4) is 11.5 Å². The maximum Gasteiger partial charge on any atom is 0.262 e. The SMILES string of the molecule is O=C1COc2ccc(C(=O)C=Cc3ccc(O)c(Cl)c3)cc2N1. The van der Waals surface area contributed by atoms with Gasteiger partial charge in [-0.15, -0.1) is 0 Å². The molecule has 0 fully saturated rings. The fraction of sp³-hybridized carbons (Fsp3) is 0.0588. The Labute approximate surface area is 137 Å². The van der Waals surface area contributed by atoms with Crippen molar-refractivity contribution in [1.29, 1.82) is 0 Å². The van der Waals surface area contributed by atoms with Crippen molar-refractivity contribution in [3.63, 3.8) is 0 Å². The van der Waals surface area contributed by atoms with E-state index in [0.717, 1.165) is 0 Å². The molecular formula is C17H12ClNO4. The topological polar surface area (TPSA) is 75.6 Å². The average molecular weight is 330 g/mol. The highest BCUT2D eigenvalue weighted by molar-refractivity contribution is 6.32. The third-order valence-electron chi connectivity index (χ3n) is 3.30. The summed E-state index contributed by atoms with van der Waals surface area (Å²) in [6, 6.07) is 9.51. The highest BCUT2D eigenvalue weighted by Crippen LogP contribution is 2.29. The lowest BCUT2D eigenvalue weighted by Gasteiger charge is -2.17.